The highest BCUT2D eigenvalue weighted by Crippen LogP contribution is 2.35. The molecule has 2 heterocycles. The molecule has 6 nitrogen and oxygen atoms in total. The van der Waals surface area contributed by atoms with Crippen LogP contribution in [0.5, 0.6) is 5.75 Å². The van der Waals surface area contributed by atoms with Crippen LogP contribution in [-0.4, -0.2) is 35.1 Å². The van der Waals surface area contributed by atoms with Crippen molar-refractivity contribution in [2.45, 2.75) is 51.7 Å². The Morgan fingerprint density at radius 2 is 1.90 bits per heavy atom. The summed E-state index contributed by atoms with van der Waals surface area (Å²) < 4.78 is 45.6. The van der Waals surface area contributed by atoms with Crippen molar-refractivity contribution in [3.8, 4) is 5.75 Å². The Kier molecular flexibility index (Phi) is 5.29. The van der Waals surface area contributed by atoms with E-state index in [1.165, 1.54) is 0 Å². The number of hydrogen-bond acceptors (Lipinski definition) is 5. The number of likely N-dealkylation sites (N-methyl/N-ethyl adjacent to an activating group) is 1. The maximum atomic E-state index is 13.4. The highest BCUT2D eigenvalue weighted by atomic mass is 19.2. The van der Waals surface area contributed by atoms with E-state index in [2.05, 4.69) is 15.3 Å². The van der Waals surface area contributed by atoms with Crippen molar-refractivity contribution in [2.24, 2.45) is 5.92 Å². The molecule has 0 saturated heterocycles. The van der Waals surface area contributed by atoms with Crippen LogP contribution in [0.1, 0.15) is 37.7 Å². The number of nitrogens with zero attached hydrogens (tertiary/aromatic N) is 3. The number of hydrogen-bond donors (Lipinski definition) is 1. The number of fused-ring (bicyclic) bond motifs is 1. The summed E-state index contributed by atoms with van der Waals surface area (Å²) in [6.07, 6.45) is 2.70. The van der Waals surface area contributed by atoms with Crippen LogP contribution in [0.25, 0.3) is 0 Å². The first kappa shape index (κ1) is 20.4. The SMILES string of the molecule is Cc1nc(C[C@H]2CC[C@H](Oc3cc(F)c(F)c(F)c3)C2)nc2c1NC(=O)[C@H](C)N2C. The number of anilines is 2. The largest absolute Gasteiger partial charge is 0.490 e. The normalized spacial score (nSPS) is 23.3. The topological polar surface area (TPSA) is 67.4 Å². The Morgan fingerprint density at radius 3 is 2.60 bits per heavy atom. The van der Waals surface area contributed by atoms with Crippen molar-refractivity contribution >= 4 is 17.4 Å². The van der Waals surface area contributed by atoms with Crippen molar-refractivity contribution in [2.75, 3.05) is 17.3 Å². The average molecular weight is 420 g/mol. The second-order valence-corrected chi connectivity index (χ2v) is 8.02. The first-order valence-corrected chi connectivity index (χ1v) is 9.95. The smallest absolute Gasteiger partial charge is 0.246 e. The van der Waals surface area contributed by atoms with E-state index >= 15 is 0 Å². The molecule has 1 fully saturated rings. The van der Waals surface area contributed by atoms with E-state index in [-0.39, 0.29) is 29.7 Å². The predicted octanol–water partition coefficient (Wildman–Crippen LogP) is 3.77. The number of aromatic nitrogens is 2. The molecule has 0 unspecified atom stereocenters. The minimum Gasteiger partial charge on any atom is -0.490 e. The van der Waals surface area contributed by atoms with Gasteiger partial charge in [0.2, 0.25) is 5.91 Å². The van der Waals surface area contributed by atoms with Crippen LogP contribution in [-0.2, 0) is 11.2 Å². The number of carbonyl (C=O) groups is 1. The summed E-state index contributed by atoms with van der Waals surface area (Å²) in [5, 5.41) is 2.86. The highest BCUT2D eigenvalue weighted by Gasteiger charge is 2.32. The van der Waals surface area contributed by atoms with Gasteiger partial charge in [0, 0.05) is 25.6 Å². The molecular formula is C21H23F3N4O2. The summed E-state index contributed by atoms with van der Waals surface area (Å²) in [6.45, 7) is 3.65. The van der Waals surface area contributed by atoms with Crippen LogP contribution in [0.4, 0.5) is 24.7 Å². The zero-order valence-corrected chi connectivity index (χ0v) is 17.0. The molecule has 30 heavy (non-hydrogen) atoms. The summed E-state index contributed by atoms with van der Waals surface area (Å²) in [5.74, 6) is -2.48. The molecule has 0 radical (unpaired) electrons. The number of carbonyl (C=O) groups excluding carboxylic acids is 1. The molecular weight excluding hydrogens is 397 g/mol. The molecule has 0 spiro atoms. The molecule has 1 saturated carbocycles. The van der Waals surface area contributed by atoms with E-state index < -0.39 is 17.5 Å². The van der Waals surface area contributed by atoms with Crippen LogP contribution in [0.15, 0.2) is 12.1 Å². The summed E-state index contributed by atoms with van der Waals surface area (Å²) in [6, 6.07) is 1.42. The number of nitrogens with one attached hydrogen (secondary N) is 1. The van der Waals surface area contributed by atoms with E-state index in [1.807, 2.05) is 25.8 Å². The van der Waals surface area contributed by atoms with Gasteiger partial charge in [-0.05, 0) is 39.0 Å². The monoisotopic (exact) mass is 420 g/mol. The fraction of sp³-hybridized carbons (Fsp3) is 0.476. The summed E-state index contributed by atoms with van der Waals surface area (Å²) >= 11 is 0. The lowest BCUT2D eigenvalue weighted by molar-refractivity contribution is -0.117. The number of aryl methyl sites for hydroxylation is 1. The van der Waals surface area contributed by atoms with Crippen molar-refractivity contribution in [3.05, 3.63) is 41.1 Å². The zero-order valence-electron chi connectivity index (χ0n) is 17.0. The molecule has 4 rings (SSSR count). The van der Waals surface area contributed by atoms with Gasteiger partial charge in [-0.15, -0.1) is 0 Å². The fourth-order valence-corrected chi connectivity index (χ4v) is 4.07. The van der Waals surface area contributed by atoms with E-state index in [4.69, 9.17) is 4.74 Å². The Bertz CT molecular complexity index is 977. The van der Waals surface area contributed by atoms with Gasteiger partial charge in [0.05, 0.1) is 11.8 Å². The fourth-order valence-electron chi connectivity index (χ4n) is 4.07. The number of benzene rings is 1. The van der Waals surface area contributed by atoms with Crippen molar-refractivity contribution in [1.82, 2.24) is 9.97 Å². The number of halogens is 3. The number of rotatable bonds is 4. The van der Waals surface area contributed by atoms with Crippen LogP contribution in [0, 0.1) is 30.3 Å². The average Bonchev–Trinajstić information content (AvgIpc) is 3.12. The lowest BCUT2D eigenvalue weighted by Gasteiger charge is -2.32. The summed E-state index contributed by atoms with van der Waals surface area (Å²) in [4.78, 5) is 23.1. The maximum absolute atomic E-state index is 13.4. The molecule has 1 aromatic carbocycles. The van der Waals surface area contributed by atoms with Crippen molar-refractivity contribution in [3.63, 3.8) is 0 Å². The van der Waals surface area contributed by atoms with E-state index in [0.29, 0.717) is 35.9 Å². The molecule has 2 aromatic rings. The van der Waals surface area contributed by atoms with Gasteiger partial charge in [0.25, 0.3) is 0 Å². The van der Waals surface area contributed by atoms with Gasteiger partial charge < -0.3 is 15.0 Å². The Balaban J connectivity index is 1.44. The molecule has 2 aliphatic rings. The van der Waals surface area contributed by atoms with Crippen LogP contribution < -0.4 is 15.0 Å². The third-order valence-corrected chi connectivity index (χ3v) is 5.88. The number of ether oxygens (including phenoxy) is 1. The minimum absolute atomic E-state index is 0.00993. The lowest BCUT2D eigenvalue weighted by atomic mass is 10.0. The van der Waals surface area contributed by atoms with Gasteiger partial charge >= 0.3 is 0 Å². The van der Waals surface area contributed by atoms with Crippen molar-refractivity contribution < 1.29 is 22.7 Å². The molecule has 9 heteroatoms. The predicted molar refractivity (Wildman–Crippen MR) is 105 cm³/mol. The molecule has 160 valence electrons. The molecule has 1 aliphatic carbocycles. The lowest BCUT2D eigenvalue weighted by Crippen LogP contribution is -2.45. The van der Waals surface area contributed by atoms with Gasteiger partial charge in [-0.3, -0.25) is 4.79 Å². The molecule has 1 amide bonds. The highest BCUT2D eigenvalue weighted by molar-refractivity contribution is 6.02. The zero-order chi connectivity index (χ0) is 21.6. The molecule has 3 atom stereocenters. The Morgan fingerprint density at radius 1 is 1.20 bits per heavy atom. The molecule has 1 aromatic heterocycles. The quantitative estimate of drug-likeness (QED) is 0.763. The Hall–Kier alpha value is -2.84. The minimum atomic E-state index is -1.50. The first-order chi connectivity index (χ1) is 14.2. The second kappa shape index (κ2) is 7.77. The first-order valence-electron chi connectivity index (χ1n) is 9.95. The van der Waals surface area contributed by atoms with Gasteiger partial charge in [-0.1, -0.05) is 0 Å². The van der Waals surface area contributed by atoms with Crippen LogP contribution in [0.2, 0.25) is 0 Å². The van der Waals surface area contributed by atoms with E-state index in [0.717, 1.165) is 25.0 Å². The third-order valence-electron chi connectivity index (χ3n) is 5.88. The van der Waals surface area contributed by atoms with E-state index in [9.17, 15) is 18.0 Å². The van der Waals surface area contributed by atoms with Gasteiger partial charge in [-0.25, -0.2) is 23.1 Å². The molecule has 0 bridgehead atoms. The summed E-state index contributed by atoms with van der Waals surface area (Å²) in [5.41, 5.74) is 1.35. The van der Waals surface area contributed by atoms with Gasteiger partial charge in [0.1, 0.15) is 23.3 Å². The molecule has 1 N–H and O–H groups in total. The van der Waals surface area contributed by atoms with Crippen LogP contribution >= 0.6 is 0 Å². The maximum Gasteiger partial charge on any atom is 0.246 e. The van der Waals surface area contributed by atoms with Crippen LogP contribution in [0.3, 0.4) is 0 Å². The summed E-state index contributed by atoms with van der Waals surface area (Å²) in [7, 11) is 1.83. The molecule has 1 aliphatic heterocycles. The van der Waals surface area contributed by atoms with E-state index in [1.54, 1.807) is 0 Å². The van der Waals surface area contributed by atoms with Gasteiger partial charge in [-0.2, -0.15) is 0 Å². The Labute approximate surface area is 172 Å². The third kappa shape index (κ3) is 3.80. The van der Waals surface area contributed by atoms with Gasteiger partial charge in [0.15, 0.2) is 23.3 Å². The number of amides is 1. The van der Waals surface area contributed by atoms with Crippen molar-refractivity contribution in [1.29, 1.82) is 0 Å². The standard InChI is InChI=1S/C21H23F3N4O2/c1-10-19-20(28(3)11(2)21(29)27-19)26-17(25-10)7-12-4-5-13(6-12)30-14-8-15(22)18(24)16(23)9-14/h8-9,11-13H,4-7H2,1-3H3,(H,27,29)/t11-,12-,13-/m0/s1. The second-order valence-electron chi connectivity index (χ2n) is 8.02.